The van der Waals surface area contributed by atoms with Gasteiger partial charge in [-0.2, -0.15) is 0 Å². The maximum atomic E-state index is 5.37. The second-order valence-electron chi connectivity index (χ2n) is 6.88. The maximum absolute atomic E-state index is 5.37. The van der Waals surface area contributed by atoms with Gasteiger partial charge in [-0.05, 0) is 50.6 Å². The number of likely N-dealkylation sites (tertiary alicyclic amines) is 1. The predicted octanol–water partition coefficient (Wildman–Crippen LogP) is 2.61. The lowest BCUT2D eigenvalue weighted by atomic mass is 10.0. The molecule has 1 aromatic carbocycles. The molecule has 1 aromatic rings. The van der Waals surface area contributed by atoms with Gasteiger partial charge in [0.1, 0.15) is 5.75 Å². The molecule has 2 unspecified atom stereocenters. The molecule has 1 saturated heterocycles. The van der Waals surface area contributed by atoms with Gasteiger partial charge < -0.3 is 19.9 Å². The number of hydrogen-bond acceptors (Lipinski definition) is 3. The molecule has 1 aliphatic rings. The van der Waals surface area contributed by atoms with Crippen molar-refractivity contribution in [1.29, 1.82) is 0 Å². The van der Waals surface area contributed by atoms with E-state index in [9.17, 15) is 0 Å². The Balaban J connectivity index is 2.04. The Kier molecular flexibility index (Phi) is 6.91. The van der Waals surface area contributed by atoms with Crippen LogP contribution in [0.5, 0.6) is 5.75 Å². The number of benzene rings is 1. The van der Waals surface area contributed by atoms with Gasteiger partial charge in [0.2, 0.25) is 0 Å². The number of rotatable bonds is 5. The van der Waals surface area contributed by atoms with Gasteiger partial charge in [0, 0.05) is 26.7 Å². The predicted molar refractivity (Wildman–Crippen MR) is 101 cm³/mol. The molecular weight excluding hydrogens is 300 g/mol. The second-order valence-corrected chi connectivity index (χ2v) is 6.88. The fraction of sp³-hybridized carbons (Fsp3) is 0.632. The van der Waals surface area contributed by atoms with Crippen molar-refractivity contribution in [3.63, 3.8) is 0 Å². The van der Waals surface area contributed by atoms with Crippen molar-refractivity contribution < 1.29 is 4.74 Å². The van der Waals surface area contributed by atoms with Crippen LogP contribution in [0, 0.1) is 5.92 Å². The molecule has 0 bridgehead atoms. The van der Waals surface area contributed by atoms with Gasteiger partial charge in [-0.1, -0.05) is 19.1 Å². The van der Waals surface area contributed by atoms with Crippen molar-refractivity contribution in [2.24, 2.45) is 10.9 Å². The number of piperidine rings is 1. The normalized spacial score (nSPS) is 20.2. The average Bonchev–Trinajstić information content (AvgIpc) is 2.58. The number of nitrogens with one attached hydrogen (secondary N) is 1. The summed E-state index contributed by atoms with van der Waals surface area (Å²) >= 11 is 0. The summed E-state index contributed by atoms with van der Waals surface area (Å²) in [6.45, 7) is 5.32. The molecule has 2 atom stereocenters. The zero-order chi connectivity index (χ0) is 17.5. The Labute approximate surface area is 146 Å². The van der Waals surface area contributed by atoms with E-state index in [0.717, 1.165) is 37.3 Å². The lowest BCUT2D eigenvalue weighted by molar-refractivity contribution is 0.258. The van der Waals surface area contributed by atoms with Gasteiger partial charge in [0.15, 0.2) is 5.96 Å². The largest absolute Gasteiger partial charge is 0.497 e. The Hall–Kier alpha value is -1.75. The molecule has 1 fully saturated rings. The molecule has 0 aromatic heterocycles. The zero-order valence-corrected chi connectivity index (χ0v) is 15.7. The SMILES string of the molecule is CN=C(NCC(c1cccc(OC)c1)N(C)C)N1CCCC(C)C1. The summed E-state index contributed by atoms with van der Waals surface area (Å²) in [6.07, 6.45) is 2.56. The van der Waals surface area contributed by atoms with Crippen LogP contribution in [0.3, 0.4) is 0 Å². The van der Waals surface area contributed by atoms with E-state index in [1.54, 1.807) is 7.11 Å². The minimum atomic E-state index is 0.263. The molecule has 0 radical (unpaired) electrons. The molecule has 5 nitrogen and oxygen atoms in total. The van der Waals surface area contributed by atoms with Crippen molar-refractivity contribution in [1.82, 2.24) is 15.1 Å². The monoisotopic (exact) mass is 332 g/mol. The fourth-order valence-electron chi connectivity index (χ4n) is 3.35. The van der Waals surface area contributed by atoms with Crippen LogP contribution in [0.1, 0.15) is 31.4 Å². The van der Waals surface area contributed by atoms with Crippen LogP contribution in [0.4, 0.5) is 0 Å². The standard InChI is InChI=1S/C19H32N4O/c1-15-8-7-11-23(14-15)19(20-2)21-13-18(22(3)4)16-9-6-10-17(12-16)24-5/h6,9-10,12,15,18H,7-8,11,13-14H2,1-5H3,(H,20,21). The highest BCUT2D eigenvalue weighted by Crippen LogP contribution is 2.22. The number of nitrogens with zero attached hydrogens (tertiary/aromatic N) is 3. The van der Waals surface area contributed by atoms with Gasteiger partial charge in [0.25, 0.3) is 0 Å². The van der Waals surface area contributed by atoms with E-state index in [0.29, 0.717) is 0 Å². The van der Waals surface area contributed by atoms with Crippen LogP contribution in [-0.4, -0.2) is 63.6 Å². The van der Waals surface area contributed by atoms with E-state index >= 15 is 0 Å². The van der Waals surface area contributed by atoms with Crippen molar-refractivity contribution in [3.8, 4) is 5.75 Å². The molecule has 0 saturated carbocycles. The summed E-state index contributed by atoms with van der Waals surface area (Å²) in [5, 5.41) is 3.57. The van der Waals surface area contributed by atoms with Crippen LogP contribution in [-0.2, 0) is 0 Å². The number of aliphatic imine (C=N–C) groups is 1. The quantitative estimate of drug-likeness (QED) is 0.665. The molecule has 1 aliphatic heterocycles. The third kappa shape index (κ3) is 4.87. The first-order valence-electron chi connectivity index (χ1n) is 8.81. The number of hydrogen-bond donors (Lipinski definition) is 1. The zero-order valence-electron chi connectivity index (χ0n) is 15.7. The topological polar surface area (TPSA) is 40.1 Å². The lowest BCUT2D eigenvalue weighted by Crippen LogP contribution is -2.48. The maximum Gasteiger partial charge on any atom is 0.193 e. The van der Waals surface area contributed by atoms with Gasteiger partial charge in [0.05, 0.1) is 13.2 Å². The van der Waals surface area contributed by atoms with Gasteiger partial charge in [-0.25, -0.2) is 0 Å². The summed E-state index contributed by atoms with van der Waals surface area (Å²) in [6, 6.07) is 8.56. The Morgan fingerprint density at radius 1 is 1.46 bits per heavy atom. The van der Waals surface area contributed by atoms with Gasteiger partial charge in [-0.15, -0.1) is 0 Å². The molecule has 24 heavy (non-hydrogen) atoms. The van der Waals surface area contributed by atoms with Gasteiger partial charge in [-0.3, -0.25) is 4.99 Å². The first-order valence-corrected chi connectivity index (χ1v) is 8.81. The highest BCUT2D eigenvalue weighted by atomic mass is 16.5. The van der Waals surface area contributed by atoms with Crippen molar-refractivity contribution in [3.05, 3.63) is 29.8 Å². The van der Waals surface area contributed by atoms with Crippen LogP contribution in [0.25, 0.3) is 0 Å². The second kappa shape index (κ2) is 8.92. The van der Waals surface area contributed by atoms with Crippen LogP contribution in [0.15, 0.2) is 29.3 Å². The first-order chi connectivity index (χ1) is 11.5. The summed E-state index contributed by atoms with van der Waals surface area (Å²) in [5.41, 5.74) is 1.24. The van der Waals surface area contributed by atoms with E-state index in [1.165, 1.54) is 18.4 Å². The third-order valence-electron chi connectivity index (χ3n) is 4.72. The summed E-state index contributed by atoms with van der Waals surface area (Å²) < 4.78 is 5.37. The number of guanidine groups is 1. The fourth-order valence-corrected chi connectivity index (χ4v) is 3.35. The minimum Gasteiger partial charge on any atom is -0.497 e. The van der Waals surface area contributed by atoms with E-state index in [4.69, 9.17) is 4.74 Å². The summed E-state index contributed by atoms with van der Waals surface area (Å²) in [4.78, 5) is 9.10. The smallest absolute Gasteiger partial charge is 0.193 e. The molecule has 1 heterocycles. The molecule has 1 N–H and O–H groups in total. The molecule has 0 amide bonds. The van der Waals surface area contributed by atoms with Gasteiger partial charge >= 0.3 is 0 Å². The third-order valence-corrected chi connectivity index (χ3v) is 4.72. The lowest BCUT2D eigenvalue weighted by Gasteiger charge is -2.35. The highest BCUT2D eigenvalue weighted by molar-refractivity contribution is 5.80. The van der Waals surface area contributed by atoms with Crippen LogP contribution < -0.4 is 10.1 Å². The Bertz CT molecular complexity index is 544. The average molecular weight is 332 g/mol. The summed E-state index contributed by atoms with van der Waals surface area (Å²) in [5.74, 6) is 2.64. The van der Waals surface area contributed by atoms with Crippen molar-refractivity contribution in [2.75, 3.05) is 47.9 Å². The van der Waals surface area contributed by atoms with Crippen LogP contribution in [0.2, 0.25) is 0 Å². The van der Waals surface area contributed by atoms with E-state index < -0.39 is 0 Å². The molecule has 5 heteroatoms. The van der Waals surface area contributed by atoms with E-state index in [1.807, 2.05) is 19.2 Å². The molecular formula is C19H32N4O. The van der Waals surface area contributed by atoms with Crippen molar-refractivity contribution in [2.45, 2.75) is 25.8 Å². The highest BCUT2D eigenvalue weighted by Gasteiger charge is 2.21. The Morgan fingerprint density at radius 2 is 2.25 bits per heavy atom. The molecule has 134 valence electrons. The first kappa shape index (κ1) is 18.6. The molecule has 0 aliphatic carbocycles. The number of methoxy groups -OCH3 is 1. The number of likely N-dealkylation sites (N-methyl/N-ethyl adjacent to an activating group) is 1. The Morgan fingerprint density at radius 3 is 2.88 bits per heavy atom. The molecule has 2 rings (SSSR count). The minimum absolute atomic E-state index is 0.263. The van der Waals surface area contributed by atoms with E-state index in [-0.39, 0.29) is 6.04 Å². The number of ether oxygens (including phenoxy) is 1. The summed E-state index contributed by atoms with van der Waals surface area (Å²) in [7, 11) is 7.80. The van der Waals surface area contributed by atoms with Crippen LogP contribution >= 0.6 is 0 Å². The van der Waals surface area contributed by atoms with E-state index in [2.05, 4.69) is 53.3 Å². The molecule has 0 spiro atoms. The van der Waals surface area contributed by atoms with Crippen molar-refractivity contribution >= 4 is 5.96 Å².